The number of oxazole rings is 1. The second-order valence-electron chi connectivity index (χ2n) is 8.45. The van der Waals surface area contributed by atoms with Gasteiger partial charge < -0.3 is 24.3 Å². The molecule has 1 aromatic heterocycles. The zero-order chi connectivity index (χ0) is 22.9. The van der Waals surface area contributed by atoms with E-state index in [0.717, 1.165) is 31.9 Å². The summed E-state index contributed by atoms with van der Waals surface area (Å²) in [5.74, 6) is 2.20. The first-order valence-electron chi connectivity index (χ1n) is 11.0. The van der Waals surface area contributed by atoms with Gasteiger partial charge in [-0.1, -0.05) is 13.8 Å². The number of hydrogen-bond donors (Lipinski definition) is 2. The number of aromatic nitrogens is 1. The first kappa shape index (κ1) is 24.0. The van der Waals surface area contributed by atoms with Crippen molar-refractivity contribution in [1.82, 2.24) is 20.1 Å². The van der Waals surface area contributed by atoms with Gasteiger partial charge >= 0.3 is 0 Å². The zero-order valence-electron chi connectivity index (χ0n) is 19.1. The Morgan fingerprint density at radius 2 is 1.81 bits per heavy atom. The Balaban J connectivity index is 1.35. The van der Waals surface area contributed by atoms with E-state index in [9.17, 15) is 9.90 Å². The Hall–Kier alpha value is -2.62. The third kappa shape index (κ3) is 7.51. The lowest BCUT2D eigenvalue weighted by Gasteiger charge is -2.34. The van der Waals surface area contributed by atoms with E-state index in [1.54, 1.807) is 7.11 Å². The average molecular weight is 447 g/mol. The average Bonchev–Trinajstić information content (AvgIpc) is 3.26. The van der Waals surface area contributed by atoms with Crippen molar-refractivity contribution in [2.75, 3.05) is 53.0 Å². The van der Waals surface area contributed by atoms with Crippen LogP contribution < -0.4 is 14.8 Å². The van der Waals surface area contributed by atoms with Gasteiger partial charge in [-0.3, -0.25) is 14.6 Å². The molecule has 2 N–H and O–H groups in total. The smallest absolute Gasteiger partial charge is 0.273 e. The van der Waals surface area contributed by atoms with Gasteiger partial charge in [-0.05, 0) is 30.2 Å². The van der Waals surface area contributed by atoms with Crippen molar-refractivity contribution in [1.29, 1.82) is 0 Å². The van der Waals surface area contributed by atoms with Crippen LogP contribution in [0.15, 0.2) is 34.9 Å². The molecular formula is C23H34N4O5. The molecule has 1 aliphatic rings. The van der Waals surface area contributed by atoms with Gasteiger partial charge in [-0.25, -0.2) is 4.98 Å². The van der Waals surface area contributed by atoms with Crippen LogP contribution in [0.3, 0.4) is 0 Å². The van der Waals surface area contributed by atoms with Crippen LogP contribution in [0.25, 0.3) is 0 Å². The van der Waals surface area contributed by atoms with Crippen LogP contribution in [0.4, 0.5) is 0 Å². The van der Waals surface area contributed by atoms with E-state index in [2.05, 4.69) is 20.1 Å². The van der Waals surface area contributed by atoms with Gasteiger partial charge in [0.05, 0.1) is 13.7 Å². The van der Waals surface area contributed by atoms with Crippen LogP contribution in [-0.4, -0.2) is 84.9 Å². The molecule has 2 aromatic rings. The first-order valence-corrected chi connectivity index (χ1v) is 11.0. The van der Waals surface area contributed by atoms with Gasteiger partial charge in [0.1, 0.15) is 30.5 Å². The molecule has 32 heavy (non-hydrogen) atoms. The standard InChI is InChI=1S/C23H34N4O5/c1-17(2)12-24-23(29)21-16-32-22(25-21)14-27-10-8-26(9-11-27)13-18(28)15-31-20-6-4-19(30-3)5-7-20/h4-7,16-18,28H,8-15H2,1-3H3,(H,24,29)/t18-/m1/s1. The minimum Gasteiger partial charge on any atom is -0.497 e. The molecule has 0 bridgehead atoms. The molecule has 9 heteroatoms. The van der Waals surface area contributed by atoms with E-state index >= 15 is 0 Å². The maximum atomic E-state index is 12.1. The normalized spacial score (nSPS) is 16.2. The third-order valence-corrected chi connectivity index (χ3v) is 5.25. The molecule has 1 atom stereocenters. The highest BCUT2D eigenvalue weighted by molar-refractivity contribution is 5.91. The fraction of sp³-hybridized carbons (Fsp3) is 0.565. The van der Waals surface area contributed by atoms with Crippen molar-refractivity contribution >= 4 is 5.91 Å². The van der Waals surface area contributed by atoms with Crippen molar-refractivity contribution in [2.45, 2.75) is 26.5 Å². The van der Waals surface area contributed by atoms with Crippen LogP contribution in [0.1, 0.15) is 30.2 Å². The molecule has 1 amide bonds. The number of hydrogen-bond acceptors (Lipinski definition) is 8. The first-order chi connectivity index (χ1) is 15.4. The summed E-state index contributed by atoms with van der Waals surface area (Å²) in [4.78, 5) is 20.9. The van der Waals surface area contributed by atoms with E-state index in [1.165, 1.54) is 6.26 Å². The number of nitrogens with one attached hydrogen (secondary N) is 1. The number of ether oxygens (including phenoxy) is 2. The lowest BCUT2D eigenvalue weighted by atomic mass is 10.2. The Morgan fingerprint density at radius 1 is 1.16 bits per heavy atom. The number of nitrogens with zero attached hydrogens (tertiary/aromatic N) is 3. The van der Waals surface area contributed by atoms with Crippen LogP contribution in [0.5, 0.6) is 11.5 Å². The van der Waals surface area contributed by atoms with Gasteiger partial charge in [-0.15, -0.1) is 0 Å². The fourth-order valence-corrected chi connectivity index (χ4v) is 3.41. The second-order valence-corrected chi connectivity index (χ2v) is 8.45. The third-order valence-electron chi connectivity index (χ3n) is 5.25. The summed E-state index contributed by atoms with van der Waals surface area (Å²) in [6.45, 7) is 9.40. The van der Waals surface area contributed by atoms with Crippen LogP contribution >= 0.6 is 0 Å². The van der Waals surface area contributed by atoms with E-state index in [1.807, 2.05) is 38.1 Å². The molecule has 1 aromatic carbocycles. The zero-order valence-corrected chi connectivity index (χ0v) is 19.1. The number of amides is 1. The van der Waals surface area contributed by atoms with E-state index in [4.69, 9.17) is 13.9 Å². The highest BCUT2D eigenvalue weighted by atomic mass is 16.5. The molecular weight excluding hydrogens is 412 g/mol. The molecule has 0 aliphatic carbocycles. The summed E-state index contributed by atoms with van der Waals surface area (Å²) in [6, 6.07) is 7.31. The van der Waals surface area contributed by atoms with Crippen LogP contribution in [-0.2, 0) is 6.54 Å². The molecule has 0 unspecified atom stereocenters. The number of benzene rings is 1. The topological polar surface area (TPSA) is 100 Å². The van der Waals surface area contributed by atoms with Crippen molar-refractivity contribution in [2.24, 2.45) is 5.92 Å². The van der Waals surface area contributed by atoms with Crippen molar-refractivity contribution in [3.05, 3.63) is 42.1 Å². The highest BCUT2D eigenvalue weighted by Crippen LogP contribution is 2.17. The number of aliphatic hydroxyl groups excluding tert-OH is 1. The Kier molecular flexibility index (Phi) is 8.90. The quantitative estimate of drug-likeness (QED) is 0.537. The summed E-state index contributed by atoms with van der Waals surface area (Å²) in [6.07, 6.45) is 0.850. The number of rotatable bonds is 11. The molecule has 0 radical (unpaired) electrons. The number of piperazine rings is 1. The summed E-state index contributed by atoms with van der Waals surface area (Å²) in [7, 11) is 1.62. The van der Waals surface area contributed by atoms with E-state index < -0.39 is 6.10 Å². The predicted molar refractivity (Wildman–Crippen MR) is 120 cm³/mol. The number of carbonyl (C=O) groups is 1. The van der Waals surface area contributed by atoms with Crippen molar-refractivity contribution in [3.63, 3.8) is 0 Å². The molecule has 1 fully saturated rings. The fourth-order valence-electron chi connectivity index (χ4n) is 3.41. The number of aliphatic hydroxyl groups is 1. The maximum Gasteiger partial charge on any atom is 0.273 e. The molecule has 9 nitrogen and oxygen atoms in total. The van der Waals surface area contributed by atoms with Gasteiger partial charge in [0, 0.05) is 39.3 Å². The maximum absolute atomic E-state index is 12.1. The molecule has 176 valence electrons. The van der Waals surface area contributed by atoms with E-state index in [-0.39, 0.29) is 12.5 Å². The summed E-state index contributed by atoms with van der Waals surface area (Å²) >= 11 is 0. The van der Waals surface area contributed by atoms with Gasteiger partial charge in [0.25, 0.3) is 5.91 Å². The SMILES string of the molecule is COc1ccc(OC[C@H](O)CN2CCN(Cc3nc(C(=O)NCC(C)C)co3)CC2)cc1. The summed E-state index contributed by atoms with van der Waals surface area (Å²) in [5.41, 5.74) is 0.319. The molecule has 3 rings (SSSR count). The number of β-amino-alcohol motifs (C(OH)–C–C–N with tert-alkyl or cyclic N) is 1. The highest BCUT2D eigenvalue weighted by Gasteiger charge is 2.21. The Bertz CT molecular complexity index is 831. The lowest BCUT2D eigenvalue weighted by Crippen LogP contribution is -2.48. The molecule has 0 spiro atoms. The second kappa shape index (κ2) is 11.8. The molecule has 2 heterocycles. The molecule has 1 saturated heterocycles. The summed E-state index contributed by atoms with van der Waals surface area (Å²) < 4.78 is 16.3. The van der Waals surface area contributed by atoms with Gasteiger partial charge in [0.2, 0.25) is 5.89 Å². The number of methoxy groups -OCH3 is 1. The van der Waals surface area contributed by atoms with E-state index in [0.29, 0.717) is 42.9 Å². The largest absolute Gasteiger partial charge is 0.497 e. The van der Waals surface area contributed by atoms with Crippen LogP contribution in [0.2, 0.25) is 0 Å². The minimum atomic E-state index is -0.567. The monoisotopic (exact) mass is 446 g/mol. The van der Waals surface area contributed by atoms with Crippen LogP contribution in [0, 0.1) is 5.92 Å². The molecule has 1 aliphatic heterocycles. The van der Waals surface area contributed by atoms with Crippen molar-refractivity contribution in [3.8, 4) is 11.5 Å². The number of carbonyl (C=O) groups excluding carboxylic acids is 1. The van der Waals surface area contributed by atoms with Gasteiger partial charge in [0.15, 0.2) is 5.69 Å². The summed E-state index contributed by atoms with van der Waals surface area (Å²) in [5, 5.41) is 13.2. The Labute approximate surface area is 189 Å². The van der Waals surface area contributed by atoms with Crippen molar-refractivity contribution < 1.29 is 23.8 Å². The lowest BCUT2D eigenvalue weighted by molar-refractivity contribution is 0.0430. The van der Waals surface area contributed by atoms with Gasteiger partial charge in [-0.2, -0.15) is 0 Å². The minimum absolute atomic E-state index is 0.204. The molecule has 0 saturated carbocycles. The predicted octanol–water partition coefficient (Wildman–Crippen LogP) is 1.63. The Morgan fingerprint density at radius 3 is 2.47 bits per heavy atom.